The SMILES string of the molecule is Cc1cc(CN2CCCCC2CN)no1.Cl. The number of aromatic nitrogens is 1. The van der Waals surface area contributed by atoms with E-state index >= 15 is 0 Å². The quantitative estimate of drug-likeness (QED) is 0.881. The lowest BCUT2D eigenvalue weighted by atomic mass is 10.0. The minimum absolute atomic E-state index is 0. The fourth-order valence-corrected chi connectivity index (χ4v) is 2.24. The Hall–Kier alpha value is -0.580. The van der Waals surface area contributed by atoms with E-state index in [9.17, 15) is 0 Å². The zero-order valence-corrected chi connectivity index (χ0v) is 10.5. The number of halogens is 1. The molecule has 1 saturated heterocycles. The number of likely N-dealkylation sites (tertiary alicyclic amines) is 1. The van der Waals surface area contributed by atoms with Gasteiger partial charge in [-0.05, 0) is 26.3 Å². The molecule has 1 aliphatic heterocycles. The normalized spacial score (nSPS) is 21.8. The second-order valence-corrected chi connectivity index (χ2v) is 4.28. The van der Waals surface area contributed by atoms with Gasteiger partial charge in [-0.1, -0.05) is 11.6 Å². The zero-order valence-electron chi connectivity index (χ0n) is 9.69. The van der Waals surface area contributed by atoms with Crippen molar-refractivity contribution < 1.29 is 4.52 Å². The van der Waals surface area contributed by atoms with Gasteiger partial charge < -0.3 is 10.3 Å². The van der Waals surface area contributed by atoms with Crippen LogP contribution in [0.25, 0.3) is 0 Å². The van der Waals surface area contributed by atoms with Gasteiger partial charge in [0.15, 0.2) is 0 Å². The summed E-state index contributed by atoms with van der Waals surface area (Å²) in [7, 11) is 0. The summed E-state index contributed by atoms with van der Waals surface area (Å²) in [4.78, 5) is 2.42. The molecule has 0 amide bonds. The summed E-state index contributed by atoms with van der Waals surface area (Å²) in [6, 6.07) is 2.53. The smallest absolute Gasteiger partial charge is 0.133 e. The molecule has 1 aromatic rings. The van der Waals surface area contributed by atoms with E-state index in [0.29, 0.717) is 6.04 Å². The molecule has 1 atom stereocenters. The molecule has 2 N–H and O–H groups in total. The van der Waals surface area contributed by atoms with E-state index in [1.807, 2.05) is 13.0 Å². The number of rotatable bonds is 3. The van der Waals surface area contributed by atoms with Crippen LogP contribution in [0.4, 0.5) is 0 Å². The third kappa shape index (κ3) is 3.20. The Morgan fingerprint density at radius 2 is 2.38 bits per heavy atom. The molecule has 2 heterocycles. The van der Waals surface area contributed by atoms with Crippen molar-refractivity contribution in [1.29, 1.82) is 0 Å². The third-order valence-corrected chi connectivity index (χ3v) is 3.06. The number of hydrogen-bond acceptors (Lipinski definition) is 4. The van der Waals surface area contributed by atoms with Crippen molar-refractivity contribution in [2.45, 2.75) is 38.8 Å². The molecule has 92 valence electrons. The predicted molar refractivity (Wildman–Crippen MR) is 65.6 cm³/mol. The third-order valence-electron chi connectivity index (χ3n) is 3.06. The van der Waals surface area contributed by atoms with Gasteiger partial charge >= 0.3 is 0 Å². The molecular weight excluding hydrogens is 226 g/mol. The maximum atomic E-state index is 5.77. The minimum atomic E-state index is 0. The van der Waals surface area contributed by atoms with E-state index < -0.39 is 0 Å². The van der Waals surface area contributed by atoms with E-state index in [0.717, 1.165) is 31.1 Å². The van der Waals surface area contributed by atoms with Gasteiger partial charge in [-0.15, -0.1) is 12.4 Å². The second-order valence-electron chi connectivity index (χ2n) is 4.28. The van der Waals surface area contributed by atoms with Gasteiger partial charge in [0.25, 0.3) is 0 Å². The first-order valence-electron chi connectivity index (χ1n) is 5.66. The van der Waals surface area contributed by atoms with Crippen LogP contribution in [0.3, 0.4) is 0 Å². The number of piperidine rings is 1. The number of nitrogens with zero attached hydrogens (tertiary/aromatic N) is 2. The Balaban J connectivity index is 0.00000128. The second kappa shape index (κ2) is 6.23. The van der Waals surface area contributed by atoms with Gasteiger partial charge in [0.2, 0.25) is 0 Å². The summed E-state index contributed by atoms with van der Waals surface area (Å²) in [5, 5.41) is 4.02. The molecule has 2 rings (SSSR count). The Morgan fingerprint density at radius 1 is 1.56 bits per heavy atom. The summed E-state index contributed by atoms with van der Waals surface area (Å²) in [6.45, 7) is 4.68. The Morgan fingerprint density at radius 3 is 3.00 bits per heavy atom. The highest BCUT2D eigenvalue weighted by Gasteiger charge is 2.21. The van der Waals surface area contributed by atoms with Gasteiger partial charge in [0, 0.05) is 25.2 Å². The van der Waals surface area contributed by atoms with Gasteiger partial charge in [0.05, 0.1) is 5.69 Å². The molecule has 0 bridgehead atoms. The molecule has 0 aromatic carbocycles. The average Bonchev–Trinajstić information content (AvgIpc) is 2.65. The van der Waals surface area contributed by atoms with Gasteiger partial charge in [-0.2, -0.15) is 0 Å². The van der Waals surface area contributed by atoms with E-state index in [1.54, 1.807) is 0 Å². The molecule has 1 unspecified atom stereocenters. The molecule has 0 aliphatic carbocycles. The van der Waals surface area contributed by atoms with Crippen molar-refractivity contribution >= 4 is 12.4 Å². The number of aryl methyl sites for hydroxylation is 1. The van der Waals surface area contributed by atoms with Crippen molar-refractivity contribution in [2.75, 3.05) is 13.1 Å². The topological polar surface area (TPSA) is 55.3 Å². The first-order valence-corrected chi connectivity index (χ1v) is 5.66. The highest BCUT2D eigenvalue weighted by molar-refractivity contribution is 5.85. The molecule has 1 fully saturated rings. The molecule has 0 saturated carbocycles. The van der Waals surface area contributed by atoms with Crippen LogP contribution in [-0.4, -0.2) is 29.2 Å². The number of hydrogen-bond donors (Lipinski definition) is 1. The maximum absolute atomic E-state index is 5.77. The Labute approximate surface area is 103 Å². The van der Waals surface area contributed by atoms with Crippen molar-refractivity contribution in [2.24, 2.45) is 5.73 Å². The fourth-order valence-electron chi connectivity index (χ4n) is 2.24. The molecule has 5 heteroatoms. The van der Waals surface area contributed by atoms with Crippen LogP contribution >= 0.6 is 12.4 Å². The Kier molecular flexibility index (Phi) is 5.25. The highest BCUT2D eigenvalue weighted by atomic mass is 35.5. The summed E-state index contributed by atoms with van der Waals surface area (Å²) in [6.07, 6.45) is 3.79. The molecule has 4 nitrogen and oxygen atoms in total. The van der Waals surface area contributed by atoms with E-state index in [1.165, 1.54) is 19.3 Å². The molecule has 1 aliphatic rings. The Bertz CT molecular complexity index is 316. The summed E-state index contributed by atoms with van der Waals surface area (Å²) >= 11 is 0. The molecule has 0 spiro atoms. The van der Waals surface area contributed by atoms with Crippen LogP contribution in [0.15, 0.2) is 10.6 Å². The first-order chi connectivity index (χ1) is 7.29. The number of nitrogens with two attached hydrogens (primary N) is 1. The van der Waals surface area contributed by atoms with Crippen LogP contribution in [0.2, 0.25) is 0 Å². The highest BCUT2D eigenvalue weighted by Crippen LogP contribution is 2.18. The van der Waals surface area contributed by atoms with E-state index in [-0.39, 0.29) is 12.4 Å². The minimum Gasteiger partial charge on any atom is -0.361 e. The maximum Gasteiger partial charge on any atom is 0.133 e. The lowest BCUT2D eigenvalue weighted by Crippen LogP contribution is -2.43. The fraction of sp³-hybridized carbons (Fsp3) is 0.727. The first kappa shape index (κ1) is 13.5. The lowest BCUT2D eigenvalue weighted by molar-refractivity contribution is 0.141. The predicted octanol–water partition coefficient (Wildman–Crippen LogP) is 1.72. The zero-order chi connectivity index (χ0) is 10.7. The standard InChI is InChI=1S/C11H19N3O.ClH/c1-9-6-10(13-15-9)8-14-5-3-2-4-11(14)7-12;/h6,11H,2-5,7-8,12H2,1H3;1H. The largest absolute Gasteiger partial charge is 0.361 e. The molecule has 1 aromatic heterocycles. The van der Waals surface area contributed by atoms with Crippen molar-refractivity contribution in [1.82, 2.24) is 10.1 Å². The summed E-state index contributed by atoms with van der Waals surface area (Å²) in [5.41, 5.74) is 6.79. The van der Waals surface area contributed by atoms with E-state index in [4.69, 9.17) is 10.3 Å². The van der Waals surface area contributed by atoms with Crippen LogP contribution in [0.1, 0.15) is 30.7 Å². The van der Waals surface area contributed by atoms with Crippen LogP contribution in [0.5, 0.6) is 0 Å². The summed E-state index contributed by atoms with van der Waals surface area (Å²) in [5.74, 6) is 0.881. The molecular formula is C11H20ClN3O. The van der Waals surface area contributed by atoms with Gasteiger partial charge in [0.1, 0.15) is 5.76 Å². The summed E-state index contributed by atoms with van der Waals surface area (Å²) < 4.78 is 5.07. The van der Waals surface area contributed by atoms with E-state index in [2.05, 4.69) is 10.1 Å². The van der Waals surface area contributed by atoms with Gasteiger partial charge in [-0.25, -0.2) is 0 Å². The monoisotopic (exact) mass is 245 g/mol. The van der Waals surface area contributed by atoms with Crippen molar-refractivity contribution in [3.8, 4) is 0 Å². The van der Waals surface area contributed by atoms with Crippen molar-refractivity contribution in [3.05, 3.63) is 17.5 Å². The lowest BCUT2D eigenvalue weighted by Gasteiger charge is -2.34. The van der Waals surface area contributed by atoms with Crippen LogP contribution in [-0.2, 0) is 6.54 Å². The average molecular weight is 246 g/mol. The van der Waals surface area contributed by atoms with Crippen molar-refractivity contribution in [3.63, 3.8) is 0 Å². The van der Waals surface area contributed by atoms with Crippen LogP contribution < -0.4 is 5.73 Å². The molecule has 16 heavy (non-hydrogen) atoms. The molecule has 0 radical (unpaired) electrons. The van der Waals surface area contributed by atoms with Crippen LogP contribution in [0, 0.1) is 6.92 Å². The van der Waals surface area contributed by atoms with Gasteiger partial charge in [-0.3, -0.25) is 4.90 Å².